The first kappa shape index (κ1) is 17.9. The number of para-hydroxylation sites is 1. The predicted molar refractivity (Wildman–Crippen MR) is 104 cm³/mol. The summed E-state index contributed by atoms with van der Waals surface area (Å²) in [4.78, 5) is 8.85. The standard InChI is InChI=1S/C19H22N4O3S/c1-27(25,26)18-12-13-4-2-3-5-16(13)23(18)17-10-11-20-19(22-17)21-14-6-8-15(24)9-7-14/h2-5,10-12,14-15,24H,6-9H2,1H3,(H,20,21,22). The number of aromatic nitrogens is 3. The van der Waals surface area contributed by atoms with Crippen LogP contribution in [0.1, 0.15) is 25.7 Å². The summed E-state index contributed by atoms with van der Waals surface area (Å²) in [5.74, 6) is 0.969. The summed E-state index contributed by atoms with van der Waals surface area (Å²) in [5, 5.41) is 14.0. The number of aliphatic hydroxyl groups excluding tert-OH is 1. The highest BCUT2D eigenvalue weighted by Gasteiger charge is 2.22. The maximum Gasteiger partial charge on any atom is 0.224 e. The number of nitrogens with zero attached hydrogens (tertiary/aromatic N) is 3. The lowest BCUT2D eigenvalue weighted by molar-refractivity contribution is 0.126. The number of sulfone groups is 1. The molecule has 1 aromatic carbocycles. The second-order valence-electron chi connectivity index (χ2n) is 7.04. The van der Waals surface area contributed by atoms with Gasteiger partial charge in [-0.2, -0.15) is 4.98 Å². The highest BCUT2D eigenvalue weighted by atomic mass is 32.2. The predicted octanol–water partition coefficient (Wildman–Crippen LogP) is 2.54. The quantitative estimate of drug-likeness (QED) is 0.715. The fourth-order valence-corrected chi connectivity index (χ4v) is 4.45. The molecule has 0 atom stereocenters. The van der Waals surface area contributed by atoms with E-state index >= 15 is 0 Å². The van der Waals surface area contributed by atoms with Crippen LogP contribution in [0.2, 0.25) is 0 Å². The van der Waals surface area contributed by atoms with Gasteiger partial charge in [-0.1, -0.05) is 18.2 Å². The van der Waals surface area contributed by atoms with Crippen molar-refractivity contribution in [2.24, 2.45) is 0 Å². The van der Waals surface area contributed by atoms with Gasteiger partial charge in [-0.15, -0.1) is 0 Å². The molecule has 0 spiro atoms. The van der Waals surface area contributed by atoms with Gasteiger partial charge in [0.15, 0.2) is 9.84 Å². The Kier molecular flexibility index (Phi) is 4.61. The molecule has 2 N–H and O–H groups in total. The Morgan fingerprint density at radius 1 is 1.15 bits per heavy atom. The number of fused-ring (bicyclic) bond motifs is 1. The fourth-order valence-electron chi connectivity index (χ4n) is 3.58. The van der Waals surface area contributed by atoms with Crippen LogP contribution in [0, 0.1) is 0 Å². The van der Waals surface area contributed by atoms with Gasteiger partial charge in [0.25, 0.3) is 0 Å². The maximum atomic E-state index is 12.3. The van der Waals surface area contributed by atoms with E-state index in [0.717, 1.165) is 36.6 Å². The molecule has 142 valence electrons. The van der Waals surface area contributed by atoms with Crippen LogP contribution in [0.25, 0.3) is 16.7 Å². The van der Waals surface area contributed by atoms with Crippen molar-refractivity contribution < 1.29 is 13.5 Å². The van der Waals surface area contributed by atoms with Crippen molar-refractivity contribution in [3.63, 3.8) is 0 Å². The van der Waals surface area contributed by atoms with Gasteiger partial charge in [-0.25, -0.2) is 13.4 Å². The first-order valence-corrected chi connectivity index (χ1v) is 10.9. The van der Waals surface area contributed by atoms with E-state index in [2.05, 4.69) is 15.3 Å². The maximum absolute atomic E-state index is 12.3. The van der Waals surface area contributed by atoms with Crippen LogP contribution in [0.15, 0.2) is 47.6 Å². The summed E-state index contributed by atoms with van der Waals surface area (Å²) < 4.78 is 26.3. The summed E-state index contributed by atoms with van der Waals surface area (Å²) in [7, 11) is -3.44. The molecule has 0 radical (unpaired) electrons. The van der Waals surface area contributed by atoms with Gasteiger partial charge in [0.05, 0.1) is 11.6 Å². The minimum atomic E-state index is -3.44. The van der Waals surface area contributed by atoms with Gasteiger partial charge in [0.1, 0.15) is 10.8 Å². The van der Waals surface area contributed by atoms with Gasteiger partial charge in [0.2, 0.25) is 5.95 Å². The summed E-state index contributed by atoms with van der Waals surface area (Å²) in [6.07, 6.45) is 5.84. The molecule has 0 aliphatic heterocycles. The molecule has 8 heteroatoms. The molecule has 0 bridgehead atoms. The molecule has 2 heterocycles. The van der Waals surface area contributed by atoms with Crippen molar-refractivity contribution in [1.29, 1.82) is 0 Å². The normalized spacial score (nSPS) is 20.7. The van der Waals surface area contributed by atoms with Crippen molar-refractivity contribution in [3.05, 3.63) is 42.6 Å². The molecule has 1 fully saturated rings. The van der Waals surface area contributed by atoms with Crippen molar-refractivity contribution >= 4 is 26.7 Å². The Morgan fingerprint density at radius 3 is 2.63 bits per heavy atom. The van der Waals surface area contributed by atoms with Crippen LogP contribution in [0.5, 0.6) is 0 Å². The summed E-state index contributed by atoms with van der Waals surface area (Å²) in [6.45, 7) is 0. The molecule has 0 amide bonds. The van der Waals surface area contributed by atoms with Gasteiger partial charge < -0.3 is 10.4 Å². The smallest absolute Gasteiger partial charge is 0.224 e. The number of aliphatic hydroxyl groups is 1. The number of nitrogens with one attached hydrogen (secondary N) is 1. The Morgan fingerprint density at radius 2 is 1.89 bits per heavy atom. The minimum absolute atomic E-state index is 0.203. The van der Waals surface area contributed by atoms with E-state index in [-0.39, 0.29) is 17.2 Å². The number of benzene rings is 1. The first-order valence-electron chi connectivity index (χ1n) is 9.00. The number of hydrogen-bond donors (Lipinski definition) is 2. The second kappa shape index (κ2) is 6.94. The van der Waals surface area contributed by atoms with E-state index in [0.29, 0.717) is 11.8 Å². The average molecular weight is 386 g/mol. The van der Waals surface area contributed by atoms with E-state index in [4.69, 9.17) is 0 Å². The third kappa shape index (κ3) is 3.68. The number of hydrogen-bond acceptors (Lipinski definition) is 6. The molecule has 1 saturated carbocycles. The van der Waals surface area contributed by atoms with Gasteiger partial charge in [-0.05, 0) is 43.9 Å². The minimum Gasteiger partial charge on any atom is -0.393 e. The van der Waals surface area contributed by atoms with Crippen LogP contribution in [0.4, 0.5) is 5.95 Å². The molecule has 2 aromatic heterocycles. The zero-order valence-electron chi connectivity index (χ0n) is 15.0. The monoisotopic (exact) mass is 386 g/mol. The average Bonchev–Trinajstić information content (AvgIpc) is 3.04. The lowest BCUT2D eigenvalue weighted by Gasteiger charge is -2.26. The SMILES string of the molecule is CS(=O)(=O)c1cc2ccccc2n1-c1ccnc(NC2CCC(O)CC2)n1. The summed E-state index contributed by atoms with van der Waals surface area (Å²) in [6, 6.07) is 11.1. The first-order chi connectivity index (χ1) is 12.9. The van der Waals surface area contributed by atoms with Crippen LogP contribution < -0.4 is 5.32 Å². The molecule has 4 rings (SSSR count). The molecule has 7 nitrogen and oxygen atoms in total. The van der Waals surface area contributed by atoms with Crippen molar-refractivity contribution in [1.82, 2.24) is 14.5 Å². The lowest BCUT2D eigenvalue weighted by atomic mass is 9.93. The Bertz CT molecular complexity index is 1070. The molecule has 0 unspecified atom stereocenters. The van der Waals surface area contributed by atoms with Crippen LogP contribution in [-0.2, 0) is 9.84 Å². The third-order valence-electron chi connectivity index (χ3n) is 4.96. The van der Waals surface area contributed by atoms with E-state index in [9.17, 15) is 13.5 Å². The largest absolute Gasteiger partial charge is 0.393 e. The van der Waals surface area contributed by atoms with Crippen LogP contribution >= 0.6 is 0 Å². The summed E-state index contributed by atoms with van der Waals surface area (Å²) in [5.41, 5.74) is 0.781. The summed E-state index contributed by atoms with van der Waals surface area (Å²) >= 11 is 0. The molecular weight excluding hydrogens is 364 g/mol. The van der Waals surface area contributed by atoms with Crippen LogP contribution in [0.3, 0.4) is 0 Å². The second-order valence-corrected chi connectivity index (χ2v) is 9.00. The van der Waals surface area contributed by atoms with Crippen molar-refractivity contribution in [3.8, 4) is 5.82 Å². The van der Waals surface area contributed by atoms with Gasteiger partial charge in [-0.3, -0.25) is 4.57 Å². The highest BCUT2D eigenvalue weighted by molar-refractivity contribution is 7.90. The van der Waals surface area contributed by atoms with E-state index in [1.54, 1.807) is 22.9 Å². The zero-order chi connectivity index (χ0) is 19.0. The third-order valence-corrected chi connectivity index (χ3v) is 6.02. The van der Waals surface area contributed by atoms with Crippen LogP contribution in [-0.4, -0.2) is 46.5 Å². The van der Waals surface area contributed by atoms with Crippen molar-refractivity contribution in [2.75, 3.05) is 11.6 Å². The van der Waals surface area contributed by atoms with Gasteiger partial charge >= 0.3 is 0 Å². The van der Waals surface area contributed by atoms with E-state index in [1.165, 1.54) is 6.26 Å². The Labute approximate surface area is 158 Å². The molecule has 3 aromatic rings. The number of rotatable bonds is 4. The highest BCUT2D eigenvalue weighted by Crippen LogP contribution is 2.27. The van der Waals surface area contributed by atoms with E-state index < -0.39 is 9.84 Å². The van der Waals surface area contributed by atoms with Crippen molar-refractivity contribution in [2.45, 2.75) is 42.9 Å². The molecule has 1 aliphatic carbocycles. The fraction of sp³-hybridized carbons (Fsp3) is 0.368. The molecular formula is C19H22N4O3S. The topological polar surface area (TPSA) is 97.1 Å². The van der Waals surface area contributed by atoms with Gasteiger partial charge in [0, 0.05) is 23.9 Å². The zero-order valence-corrected chi connectivity index (χ0v) is 15.9. The molecule has 27 heavy (non-hydrogen) atoms. The molecule has 1 aliphatic rings. The number of anilines is 1. The molecule has 0 saturated heterocycles. The Hall–Kier alpha value is -2.45. The Balaban J connectivity index is 1.74. The van der Waals surface area contributed by atoms with E-state index in [1.807, 2.05) is 24.3 Å². The lowest BCUT2D eigenvalue weighted by Crippen LogP contribution is -2.29.